The number of benzene rings is 2. The van der Waals surface area contributed by atoms with Crippen LogP contribution in [-0.2, 0) is 11.2 Å². The van der Waals surface area contributed by atoms with Crippen LogP contribution < -0.4 is 10.6 Å². The van der Waals surface area contributed by atoms with Crippen LogP contribution in [0, 0.1) is 0 Å². The third-order valence-corrected chi connectivity index (χ3v) is 4.63. The van der Waals surface area contributed by atoms with Crippen molar-refractivity contribution in [2.24, 2.45) is 0 Å². The average Bonchev–Trinajstić information content (AvgIpc) is 3.04. The fourth-order valence-electron chi connectivity index (χ4n) is 2.61. The van der Waals surface area contributed by atoms with Gasteiger partial charge in [0.15, 0.2) is 5.58 Å². The van der Waals surface area contributed by atoms with Crippen LogP contribution in [0.3, 0.4) is 0 Å². The van der Waals surface area contributed by atoms with Crippen molar-refractivity contribution in [2.75, 3.05) is 16.0 Å². The van der Waals surface area contributed by atoms with Crippen molar-refractivity contribution in [2.45, 2.75) is 32.6 Å². The Balaban J connectivity index is 1.67. The van der Waals surface area contributed by atoms with Crippen molar-refractivity contribution in [3.8, 4) is 0 Å². The van der Waals surface area contributed by atoms with Crippen LogP contribution in [0.2, 0.25) is 0 Å². The molecule has 0 aliphatic heterocycles. The Labute approximate surface area is 161 Å². The molecule has 2 aromatic carbocycles. The van der Waals surface area contributed by atoms with E-state index >= 15 is 0 Å². The second kappa shape index (κ2) is 8.85. The van der Waals surface area contributed by atoms with Crippen molar-refractivity contribution in [1.29, 1.82) is 0 Å². The van der Waals surface area contributed by atoms with E-state index in [0.29, 0.717) is 23.5 Å². The number of hydrogen-bond donors (Lipinski definition) is 2. The predicted octanol–water partition coefficient (Wildman–Crippen LogP) is 5.64. The first-order chi connectivity index (χ1) is 12.7. The Bertz CT molecular complexity index is 874. The van der Waals surface area contributed by atoms with E-state index in [9.17, 15) is 4.79 Å². The predicted molar refractivity (Wildman–Crippen MR) is 109 cm³/mol. The van der Waals surface area contributed by atoms with Crippen LogP contribution in [0.5, 0.6) is 0 Å². The molecule has 0 bridgehead atoms. The minimum Gasteiger partial charge on any atom is -0.423 e. The van der Waals surface area contributed by atoms with Gasteiger partial charge in [-0.05, 0) is 55.2 Å². The number of unbranched alkanes of at least 4 members (excludes halogenated alkanes) is 1. The average molecular weight is 416 g/mol. The summed E-state index contributed by atoms with van der Waals surface area (Å²) in [6, 6.07) is 14.1. The van der Waals surface area contributed by atoms with Crippen molar-refractivity contribution in [1.82, 2.24) is 4.98 Å². The molecule has 0 atom stereocenters. The van der Waals surface area contributed by atoms with Crippen LogP contribution in [0.15, 0.2) is 46.9 Å². The Morgan fingerprint density at radius 3 is 2.62 bits per heavy atom. The van der Waals surface area contributed by atoms with Crippen molar-refractivity contribution in [3.63, 3.8) is 0 Å². The van der Waals surface area contributed by atoms with E-state index in [-0.39, 0.29) is 5.91 Å². The Morgan fingerprint density at radius 2 is 1.88 bits per heavy atom. The number of anilines is 3. The number of carbonyl (C=O) groups excluding carboxylic acids is 1. The van der Waals surface area contributed by atoms with Crippen LogP contribution in [0.25, 0.3) is 11.1 Å². The highest BCUT2D eigenvalue weighted by atomic mass is 79.9. The molecule has 0 aliphatic carbocycles. The van der Waals surface area contributed by atoms with Gasteiger partial charge >= 0.3 is 0 Å². The summed E-state index contributed by atoms with van der Waals surface area (Å²) in [6.07, 6.45) is 3.38. The van der Waals surface area contributed by atoms with E-state index in [2.05, 4.69) is 50.6 Å². The van der Waals surface area contributed by atoms with Gasteiger partial charge in [-0.15, -0.1) is 0 Å². The molecule has 0 aliphatic rings. The van der Waals surface area contributed by atoms with Crippen LogP contribution >= 0.6 is 15.9 Å². The van der Waals surface area contributed by atoms with E-state index in [1.54, 1.807) is 0 Å². The van der Waals surface area contributed by atoms with Gasteiger partial charge in [0.1, 0.15) is 5.52 Å². The summed E-state index contributed by atoms with van der Waals surface area (Å²) in [5.41, 5.74) is 4.32. The fraction of sp³-hybridized carbons (Fsp3) is 0.300. The molecule has 5 nitrogen and oxygen atoms in total. The molecule has 6 heteroatoms. The molecule has 3 rings (SSSR count). The number of nitrogens with zero attached hydrogens (tertiary/aromatic N) is 1. The van der Waals surface area contributed by atoms with Gasteiger partial charge in [0, 0.05) is 23.1 Å². The Hall–Kier alpha value is -2.34. The molecule has 0 unspecified atom stereocenters. The Kier molecular flexibility index (Phi) is 6.28. The van der Waals surface area contributed by atoms with Crippen molar-refractivity contribution >= 4 is 50.3 Å². The molecule has 2 N–H and O–H groups in total. The molecule has 1 amide bonds. The van der Waals surface area contributed by atoms with Gasteiger partial charge in [0.2, 0.25) is 5.91 Å². The third kappa shape index (κ3) is 4.85. The first-order valence-electron chi connectivity index (χ1n) is 8.80. The number of amides is 1. The normalized spacial score (nSPS) is 10.8. The molecule has 1 aromatic heterocycles. The summed E-state index contributed by atoms with van der Waals surface area (Å²) in [7, 11) is 0. The first kappa shape index (κ1) is 18.5. The molecular weight excluding hydrogens is 394 g/mol. The van der Waals surface area contributed by atoms with E-state index < -0.39 is 0 Å². The van der Waals surface area contributed by atoms with Crippen molar-refractivity contribution < 1.29 is 9.21 Å². The lowest BCUT2D eigenvalue weighted by Crippen LogP contribution is -2.10. The lowest BCUT2D eigenvalue weighted by atomic mass is 10.1. The van der Waals surface area contributed by atoms with Gasteiger partial charge < -0.3 is 15.1 Å². The number of aryl methyl sites for hydroxylation is 1. The van der Waals surface area contributed by atoms with Gasteiger partial charge in [-0.1, -0.05) is 35.0 Å². The molecule has 3 aromatic rings. The summed E-state index contributed by atoms with van der Waals surface area (Å²) in [4.78, 5) is 16.4. The lowest BCUT2D eigenvalue weighted by Gasteiger charge is -2.04. The fourth-order valence-corrected chi connectivity index (χ4v) is 3.01. The smallest absolute Gasteiger partial charge is 0.300 e. The summed E-state index contributed by atoms with van der Waals surface area (Å²) >= 11 is 3.37. The maximum absolute atomic E-state index is 11.9. The highest BCUT2D eigenvalue weighted by Gasteiger charge is 2.09. The molecular formula is C20H22BrN3O2. The first-order valence-corrected chi connectivity index (χ1v) is 9.92. The zero-order chi connectivity index (χ0) is 18.4. The van der Waals surface area contributed by atoms with Crippen LogP contribution in [0.1, 0.15) is 31.7 Å². The second-order valence-electron chi connectivity index (χ2n) is 6.07. The number of hydrogen-bond acceptors (Lipinski definition) is 4. The highest BCUT2D eigenvalue weighted by molar-refractivity contribution is 9.09. The van der Waals surface area contributed by atoms with Crippen molar-refractivity contribution in [3.05, 3.63) is 48.0 Å². The Morgan fingerprint density at radius 1 is 1.12 bits per heavy atom. The number of fused-ring (bicyclic) bond motifs is 1. The SMILES string of the molecule is CCc1ccc(Nc2nc3cc(NC(=O)CCCCBr)ccc3o2)cc1. The number of nitrogens with one attached hydrogen (secondary N) is 2. The summed E-state index contributed by atoms with van der Waals surface area (Å²) in [6.45, 7) is 2.13. The summed E-state index contributed by atoms with van der Waals surface area (Å²) in [5, 5.41) is 7.00. The number of oxazole rings is 1. The second-order valence-corrected chi connectivity index (χ2v) is 6.86. The van der Waals surface area contributed by atoms with E-state index in [4.69, 9.17) is 4.42 Å². The molecule has 0 saturated carbocycles. The van der Waals surface area contributed by atoms with E-state index in [1.807, 2.05) is 30.3 Å². The molecule has 26 heavy (non-hydrogen) atoms. The largest absolute Gasteiger partial charge is 0.423 e. The molecule has 1 heterocycles. The minimum absolute atomic E-state index is 0.0168. The molecule has 136 valence electrons. The summed E-state index contributed by atoms with van der Waals surface area (Å²) in [5.74, 6) is 0.0168. The van der Waals surface area contributed by atoms with Gasteiger partial charge in [-0.2, -0.15) is 4.98 Å². The van der Waals surface area contributed by atoms with E-state index in [1.165, 1.54) is 5.56 Å². The highest BCUT2D eigenvalue weighted by Crippen LogP contribution is 2.25. The number of aromatic nitrogens is 1. The van der Waals surface area contributed by atoms with Crippen LogP contribution in [-0.4, -0.2) is 16.2 Å². The zero-order valence-corrected chi connectivity index (χ0v) is 16.3. The number of alkyl halides is 1. The van der Waals surface area contributed by atoms with Gasteiger partial charge in [-0.25, -0.2) is 0 Å². The van der Waals surface area contributed by atoms with Crippen LogP contribution in [0.4, 0.5) is 17.4 Å². The maximum atomic E-state index is 11.9. The lowest BCUT2D eigenvalue weighted by molar-refractivity contribution is -0.116. The molecule has 0 radical (unpaired) electrons. The number of rotatable bonds is 8. The maximum Gasteiger partial charge on any atom is 0.300 e. The third-order valence-electron chi connectivity index (χ3n) is 4.07. The standard InChI is InChI=1S/C20H22BrN3O2/c1-2-14-6-8-15(9-7-14)23-20-24-17-13-16(10-11-18(17)26-20)22-19(25)5-3-4-12-21/h6-11,13H,2-5,12H2,1H3,(H,22,25)(H,23,24). The van der Waals surface area contributed by atoms with E-state index in [0.717, 1.165) is 36.0 Å². The monoisotopic (exact) mass is 415 g/mol. The zero-order valence-electron chi connectivity index (χ0n) is 14.7. The number of halogens is 1. The molecule has 0 spiro atoms. The topological polar surface area (TPSA) is 67.2 Å². The van der Waals surface area contributed by atoms with Gasteiger partial charge in [0.05, 0.1) is 0 Å². The minimum atomic E-state index is 0.0168. The quantitative estimate of drug-likeness (QED) is 0.369. The van der Waals surface area contributed by atoms with Gasteiger partial charge in [-0.3, -0.25) is 4.79 Å². The number of carbonyl (C=O) groups is 1. The summed E-state index contributed by atoms with van der Waals surface area (Å²) < 4.78 is 5.73. The molecule has 0 fully saturated rings. The molecule has 0 saturated heterocycles. The van der Waals surface area contributed by atoms with Gasteiger partial charge in [0.25, 0.3) is 6.01 Å².